The molecule has 0 N–H and O–H groups in total. The second kappa shape index (κ2) is 7.48. The molecule has 0 aliphatic heterocycles. The number of carbonyl (C=O) groups is 1. The first-order valence-corrected chi connectivity index (χ1v) is 8.67. The highest BCUT2D eigenvalue weighted by molar-refractivity contribution is 8.00. The van der Waals surface area contributed by atoms with E-state index in [2.05, 4.69) is 15.5 Å². The van der Waals surface area contributed by atoms with Crippen molar-refractivity contribution in [3.05, 3.63) is 59.7 Å². The zero-order chi connectivity index (χ0) is 17.8. The van der Waals surface area contributed by atoms with Crippen LogP contribution in [0.15, 0.2) is 53.7 Å². The number of nitrogens with zero attached hydrogens (tertiary/aromatic N) is 4. The van der Waals surface area contributed by atoms with Gasteiger partial charge in [-0.25, -0.2) is 0 Å². The summed E-state index contributed by atoms with van der Waals surface area (Å²) in [5, 5.41) is 12.1. The molecule has 0 bridgehead atoms. The highest BCUT2D eigenvalue weighted by atomic mass is 32.2. The Balaban J connectivity index is 1.77. The van der Waals surface area contributed by atoms with Crippen molar-refractivity contribution < 1.29 is 9.53 Å². The van der Waals surface area contributed by atoms with Crippen LogP contribution in [0.1, 0.15) is 22.8 Å². The number of aromatic nitrogens is 4. The molecule has 7 heteroatoms. The van der Waals surface area contributed by atoms with Crippen LogP contribution in [0.2, 0.25) is 0 Å². The number of rotatable bonds is 6. The first kappa shape index (κ1) is 17.2. The number of carbonyl (C=O) groups excluding carboxylic acids is 1. The lowest BCUT2D eigenvalue weighted by molar-refractivity contribution is 0.0994. The lowest BCUT2D eigenvalue weighted by Gasteiger charge is -2.10. The monoisotopic (exact) mass is 354 g/mol. The van der Waals surface area contributed by atoms with Crippen molar-refractivity contribution in [3.8, 4) is 11.4 Å². The van der Waals surface area contributed by atoms with E-state index in [9.17, 15) is 4.79 Å². The van der Waals surface area contributed by atoms with E-state index >= 15 is 0 Å². The van der Waals surface area contributed by atoms with Crippen LogP contribution in [-0.4, -0.2) is 38.4 Å². The standard InChI is InChI=1S/C18H18N4O2S/c1-12-4-8-15(9-5-12)22-18(19-20-21-22)25-13(2)17(23)14-6-10-16(24-3)11-7-14/h4-11,13H,1-3H3/t13-/m1/s1. The molecule has 3 aromatic rings. The maximum atomic E-state index is 12.6. The molecule has 2 aromatic carbocycles. The zero-order valence-electron chi connectivity index (χ0n) is 14.2. The lowest BCUT2D eigenvalue weighted by Crippen LogP contribution is -2.14. The van der Waals surface area contributed by atoms with Gasteiger partial charge < -0.3 is 4.74 Å². The normalized spacial score (nSPS) is 12.0. The van der Waals surface area contributed by atoms with Crippen LogP contribution in [0.25, 0.3) is 5.69 Å². The van der Waals surface area contributed by atoms with Crippen LogP contribution in [0.4, 0.5) is 0 Å². The smallest absolute Gasteiger partial charge is 0.214 e. The Hall–Kier alpha value is -2.67. The fraction of sp³-hybridized carbons (Fsp3) is 0.222. The second-order valence-corrected chi connectivity index (χ2v) is 6.87. The number of Topliss-reactive ketones (excluding diaryl/α,β-unsaturated/α-hetero) is 1. The highest BCUT2D eigenvalue weighted by Gasteiger charge is 2.20. The maximum Gasteiger partial charge on any atom is 0.214 e. The number of ketones is 1. The molecule has 128 valence electrons. The molecule has 0 aliphatic rings. The molecule has 1 atom stereocenters. The van der Waals surface area contributed by atoms with E-state index in [1.165, 1.54) is 11.8 Å². The molecule has 0 spiro atoms. The Bertz CT molecular complexity index is 860. The van der Waals surface area contributed by atoms with Crippen molar-refractivity contribution in [2.24, 2.45) is 0 Å². The minimum atomic E-state index is -0.316. The summed E-state index contributed by atoms with van der Waals surface area (Å²) in [6.07, 6.45) is 0. The lowest BCUT2D eigenvalue weighted by atomic mass is 10.1. The molecule has 0 saturated carbocycles. The van der Waals surface area contributed by atoms with Crippen LogP contribution >= 0.6 is 11.8 Å². The van der Waals surface area contributed by atoms with Gasteiger partial charge in [-0.05, 0) is 60.7 Å². The molecule has 0 saturated heterocycles. The molecule has 0 unspecified atom stereocenters. The molecule has 0 aliphatic carbocycles. The fourth-order valence-electron chi connectivity index (χ4n) is 2.30. The van der Waals surface area contributed by atoms with Gasteiger partial charge in [0, 0.05) is 5.56 Å². The van der Waals surface area contributed by atoms with Crippen molar-refractivity contribution in [1.82, 2.24) is 20.2 Å². The third-order valence-corrected chi connectivity index (χ3v) is 4.78. The molecule has 25 heavy (non-hydrogen) atoms. The SMILES string of the molecule is COc1ccc(C(=O)[C@@H](C)Sc2nnnn2-c2ccc(C)cc2)cc1. The van der Waals surface area contributed by atoms with E-state index in [0.29, 0.717) is 10.7 Å². The third kappa shape index (κ3) is 3.88. The number of hydrogen-bond acceptors (Lipinski definition) is 6. The third-order valence-electron chi connectivity index (χ3n) is 3.75. The van der Waals surface area contributed by atoms with E-state index in [1.54, 1.807) is 36.1 Å². The summed E-state index contributed by atoms with van der Waals surface area (Å²) in [5.41, 5.74) is 2.66. The molecule has 0 fully saturated rings. The zero-order valence-corrected chi connectivity index (χ0v) is 15.0. The van der Waals surface area contributed by atoms with Crippen molar-refractivity contribution >= 4 is 17.5 Å². The van der Waals surface area contributed by atoms with Gasteiger partial charge in [-0.15, -0.1) is 5.10 Å². The van der Waals surface area contributed by atoms with Crippen molar-refractivity contribution in [2.45, 2.75) is 24.3 Å². The van der Waals surface area contributed by atoms with Gasteiger partial charge in [0.25, 0.3) is 0 Å². The van der Waals surface area contributed by atoms with Crippen molar-refractivity contribution in [3.63, 3.8) is 0 Å². The van der Waals surface area contributed by atoms with Crippen LogP contribution in [0, 0.1) is 6.92 Å². The Morgan fingerprint density at radius 2 is 1.80 bits per heavy atom. The Morgan fingerprint density at radius 1 is 1.12 bits per heavy atom. The minimum absolute atomic E-state index is 0.0195. The number of methoxy groups -OCH3 is 1. The first-order chi connectivity index (χ1) is 12.1. The quantitative estimate of drug-likeness (QED) is 0.499. The number of aryl methyl sites for hydroxylation is 1. The van der Waals surface area contributed by atoms with E-state index < -0.39 is 0 Å². The average Bonchev–Trinajstić information content (AvgIpc) is 3.10. The largest absolute Gasteiger partial charge is 0.497 e. The Kier molecular flexibility index (Phi) is 5.14. The molecular weight excluding hydrogens is 336 g/mol. The van der Waals surface area contributed by atoms with E-state index in [4.69, 9.17) is 4.74 Å². The summed E-state index contributed by atoms with van der Waals surface area (Å²) in [5.74, 6) is 0.742. The van der Waals surface area contributed by atoms with Crippen LogP contribution in [-0.2, 0) is 0 Å². The second-order valence-electron chi connectivity index (χ2n) is 5.56. The van der Waals surface area contributed by atoms with E-state index in [-0.39, 0.29) is 11.0 Å². The summed E-state index contributed by atoms with van der Waals surface area (Å²) in [6, 6.07) is 15.0. The summed E-state index contributed by atoms with van der Waals surface area (Å²) in [6.45, 7) is 3.88. The Labute approximate surface area is 150 Å². The highest BCUT2D eigenvalue weighted by Crippen LogP contribution is 2.26. The van der Waals surface area contributed by atoms with Gasteiger partial charge in [-0.2, -0.15) is 4.68 Å². The number of ether oxygens (including phenoxy) is 1. The van der Waals surface area contributed by atoms with Gasteiger partial charge in [-0.1, -0.05) is 29.5 Å². The molecule has 0 radical (unpaired) electrons. The number of thioether (sulfide) groups is 1. The summed E-state index contributed by atoms with van der Waals surface area (Å²) in [4.78, 5) is 12.6. The fourth-order valence-corrected chi connectivity index (χ4v) is 3.19. The molecule has 0 amide bonds. The number of hydrogen-bond donors (Lipinski definition) is 0. The van der Waals surface area contributed by atoms with Crippen LogP contribution in [0.3, 0.4) is 0 Å². The first-order valence-electron chi connectivity index (χ1n) is 7.79. The van der Waals surface area contributed by atoms with Gasteiger partial charge in [0.1, 0.15) is 5.75 Å². The van der Waals surface area contributed by atoms with Gasteiger partial charge in [0.05, 0.1) is 18.0 Å². The number of tetrazole rings is 1. The summed E-state index contributed by atoms with van der Waals surface area (Å²) in [7, 11) is 1.60. The van der Waals surface area contributed by atoms with Gasteiger partial charge >= 0.3 is 0 Å². The number of benzene rings is 2. The van der Waals surface area contributed by atoms with Crippen molar-refractivity contribution in [1.29, 1.82) is 0 Å². The van der Waals surface area contributed by atoms with Gasteiger partial charge in [0.2, 0.25) is 5.16 Å². The summed E-state index contributed by atoms with van der Waals surface area (Å²) >= 11 is 1.33. The molecule has 3 rings (SSSR count). The van der Waals surface area contributed by atoms with Gasteiger partial charge in [-0.3, -0.25) is 4.79 Å². The molecular formula is C18H18N4O2S. The predicted molar refractivity (Wildman–Crippen MR) is 96.5 cm³/mol. The van der Waals surface area contributed by atoms with Crippen LogP contribution < -0.4 is 4.74 Å². The van der Waals surface area contributed by atoms with E-state index in [0.717, 1.165) is 17.0 Å². The summed E-state index contributed by atoms with van der Waals surface area (Å²) < 4.78 is 6.76. The van der Waals surface area contributed by atoms with Gasteiger partial charge in [0.15, 0.2) is 5.78 Å². The average molecular weight is 354 g/mol. The molecule has 1 aromatic heterocycles. The minimum Gasteiger partial charge on any atom is -0.497 e. The van der Waals surface area contributed by atoms with Crippen molar-refractivity contribution in [2.75, 3.05) is 7.11 Å². The van der Waals surface area contributed by atoms with E-state index in [1.807, 2.05) is 38.1 Å². The molecule has 1 heterocycles. The molecule has 6 nitrogen and oxygen atoms in total. The predicted octanol–water partition coefficient (Wildman–Crippen LogP) is 3.34. The Morgan fingerprint density at radius 3 is 2.44 bits per heavy atom. The van der Waals surface area contributed by atoms with Crippen LogP contribution in [0.5, 0.6) is 5.75 Å². The maximum absolute atomic E-state index is 12.6. The topological polar surface area (TPSA) is 69.9 Å².